The number of benzene rings is 1. The highest BCUT2D eigenvalue weighted by molar-refractivity contribution is 7.14. The monoisotopic (exact) mass is 417 g/mol. The second kappa shape index (κ2) is 7.63. The maximum atomic E-state index is 12.9. The van der Waals surface area contributed by atoms with Crippen molar-refractivity contribution in [1.82, 2.24) is 5.32 Å². The molecule has 0 aliphatic heterocycles. The van der Waals surface area contributed by atoms with Gasteiger partial charge in [-0.3, -0.25) is 9.18 Å². The number of rotatable bonds is 8. The largest absolute Gasteiger partial charge is 0.496 e. The molecule has 4 nitrogen and oxygen atoms in total. The third-order valence-electron chi connectivity index (χ3n) is 6.47. The van der Waals surface area contributed by atoms with Gasteiger partial charge in [0.1, 0.15) is 11.5 Å². The fourth-order valence-electron chi connectivity index (χ4n) is 4.78. The van der Waals surface area contributed by atoms with Crippen LogP contribution in [0.1, 0.15) is 57.4 Å². The lowest BCUT2D eigenvalue weighted by Crippen LogP contribution is -2.23. The summed E-state index contributed by atoms with van der Waals surface area (Å²) < 4.78 is 23.2. The van der Waals surface area contributed by atoms with Gasteiger partial charge in [-0.1, -0.05) is 13.8 Å². The van der Waals surface area contributed by atoms with E-state index in [4.69, 9.17) is 9.47 Å². The number of aryl methyl sites for hydroxylation is 1. The van der Waals surface area contributed by atoms with Gasteiger partial charge in [0, 0.05) is 29.5 Å². The highest BCUT2D eigenvalue weighted by atomic mass is 32.1. The van der Waals surface area contributed by atoms with Crippen molar-refractivity contribution in [2.45, 2.75) is 46.1 Å². The van der Waals surface area contributed by atoms with Gasteiger partial charge in [-0.2, -0.15) is 0 Å². The van der Waals surface area contributed by atoms with E-state index in [9.17, 15) is 9.18 Å². The molecule has 0 bridgehead atoms. The predicted octanol–water partition coefficient (Wildman–Crippen LogP) is 5.03. The number of amides is 1. The summed E-state index contributed by atoms with van der Waals surface area (Å²) in [6.45, 7) is 7.13. The Bertz CT molecular complexity index is 936. The van der Waals surface area contributed by atoms with Gasteiger partial charge in [-0.25, -0.2) is 0 Å². The molecular formula is C23H28FNO3S. The third-order valence-corrected chi connectivity index (χ3v) is 7.63. The first kappa shape index (κ1) is 20.2. The Kier molecular flexibility index (Phi) is 5.32. The van der Waals surface area contributed by atoms with Crippen LogP contribution in [-0.4, -0.2) is 26.3 Å². The van der Waals surface area contributed by atoms with Crippen LogP contribution in [0.3, 0.4) is 0 Å². The maximum Gasteiger partial charge on any atom is 0.261 e. The lowest BCUT2D eigenvalue weighted by molar-refractivity contribution is 0.0953. The number of nitrogens with one attached hydrogen (secondary N) is 1. The number of halogens is 1. The Hall–Kier alpha value is -2.08. The molecule has 156 valence electrons. The average molecular weight is 418 g/mol. The summed E-state index contributed by atoms with van der Waals surface area (Å²) in [4.78, 5) is 15.1. The second-order valence-electron chi connectivity index (χ2n) is 8.54. The molecule has 1 saturated carbocycles. The SMILES string of the molecule is COc1cc(OCCCF)ccc1CNC(=O)c1sc(C)c2c1C[C@@H]1[C@H]2C1(C)C. The molecule has 2 aromatic rings. The van der Waals surface area contributed by atoms with Crippen LogP contribution in [0.25, 0.3) is 0 Å². The van der Waals surface area contributed by atoms with E-state index in [-0.39, 0.29) is 5.91 Å². The van der Waals surface area contributed by atoms with Crippen LogP contribution in [0, 0.1) is 18.3 Å². The molecule has 1 fully saturated rings. The van der Waals surface area contributed by atoms with Crippen molar-refractivity contribution in [1.29, 1.82) is 0 Å². The van der Waals surface area contributed by atoms with Crippen LogP contribution in [0.4, 0.5) is 4.39 Å². The van der Waals surface area contributed by atoms with Gasteiger partial charge in [-0.15, -0.1) is 11.3 Å². The topological polar surface area (TPSA) is 47.6 Å². The van der Waals surface area contributed by atoms with Crippen molar-refractivity contribution in [3.05, 3.63) is 44.6 Å². The Morgan fingerprint density at radius 3 is 2.90 bits per heavy atom. The normalized spacial score (nSPS) is 20.7. The van der Waals surface area contributed by atoms with Crippen molar-refractivity contribution in [3.8, 4) is 11.5 Å². The zero-order chi connectivity index (χ0) is 20.8. The van der Waals surface area contributed by atoms with Gasteiger partial charge in [0.25, 0.3) is 5.91 Å². The minimum absolute atomic E-state index is 0.0104. The summed E-state index contributed by atoms with van der Waals surface area (Å²) in [5.41, 5.74) is 3.96. The van der Waals surface area contributed by atoms with E-state index >= 15 is 0 Å². The van der Waals surface area contributed by atoms with Crippen molar-refractivity contribution in [3.63, 3.8) is 0 Å². The van der Waals surface area contributed by atoms with E-state index in [1.165, 1.54) is 16.0 Å². The lowest BCUT2D eigenvalue weighted by Gasteiger charge is -2.13. The molecule has 6 heteroatoms. The number of ether oxygens (including phenoxy) is 2. The fraction of sp³-hybridized carbons (Fsp3) is 0.522. The Morgan fingerprint density at radius 1 is 1.38 bits per heavy atom. The van der Waals surface area contributed by atoms with Crippen molar-refractivity contribution >= 4 is 17.2 Å². The third kappa shape index (κ3) is 3.52. The smallest absolute Gasteiger partial charge is 0.261 e. The van der Waals surface area contributed by atoms with Crippen LogP contribution in [-0.2, 0) is 13.0 Å². The van der Waals surface area contributed by atoms with Crippen LogP contribution in [0.15, 0.2) is 18.2 Å². The zero-order valence-corrected chi connectivity index (χ0v) is 18.2. The second-order valence-corrected chi connectivity index (χ2v) is 9.76. The van der Waals surface area contributed by atoms with Crippen LogP contribution in [0.2, 0.25) is 0 Å². The van der Waals surface area contributed by atoms with Gasteiger partial charge in [-0.05, 0) is 53.9 Å². The fourth-order valence-corrected chi connectivity index (χ4v) is 5.92. The molecule has 1 aromatic carbocycles. The molecule has 4 rings (SSSR count). The van der Waals surface area contributed by atoms with E-state index in [0.29, 0.717) is 48.3 Å². The number of carbonyl (C=O) groups is 1. The van der Waals surface area contributed by atoms with Gasteiger partial charge in [0.15, 0.2) is 0 Å². The van der Waals surface area contributed by atoms with Crippen LogP contribution in [0.5, 0.6) is 11.5 Å². The first-order valence-electron chi connectivity index (χ1n) is 10.1. The summed E-state index contributed by atoms with van der Waals surface area (Å²) in [5, 5.41) is 3.06. The Labute approximate surface area is 175 Å². The molecule has 1 amide bonds. The molecule has 0 radical (unpaired) electrons. The average Bonchev–Trinajstić information content (AvgIpc) is 3.04. The summed E-state index contributed by atoms with van der Waals surface area (Å²) in [6, 6.07) is 5.48. The van der Waals surface area contributed by atoms with Crippen molar-refractivity contribution in [2.24, 2.45) is 11.3 Å². The van der Waals surface area contributed by atoms with E-state index < -0.39 is 6.67 Å². The summed E-state index contributed by atoms with van der Waals surface area (Å²) in [7, 11) is 1.59. The molecule has 1 N–H and O–H groups in total. The number of thiophene rings is 1. The molecule has 0 unspecified atom stereocenters. The van der Waals surface area contributed by atoms with E-state index in [0.717, 1.165) is 16.9 Å². The number of hydrogen-bond acceptors (Lipinski definition) is 4. The lowest BCUT2D eigenvalue weighted by atomic mass is 9.95. The van der Waals surface area contributed by atoms with Gasteiger partial charge < -0.3 is 14.8 Å². The van der Waals surface area contributed by atoms with E-state index in [2.05, 4.69) is 26.1 Å². The standard InChI is InChI=1S/C23H28FNO3S/c1-13-19-16(11-17-20(19)23(17,2)3)21(29-13)22(26)25-12-14-6-7-15(10-18(14)27-4)28-9-5-8-24/h6-7,10,17,20H,5,8-9,11-12H2,1-4H3,(H,25,26)/t17-,20-/m1/s1. The minimum atomic E-state index is -0.397. The summed E-state index contributed by atoms with van der Waals surface area (Å²) in [6.07, 6.45) is 1.39. The number of hydrogen-bond donors (Lipinski definition) is 1. The Morgan fingerprint density at radius 2 is 2.17 bits per heavy atom. The predicted molar refractivity (Wildman–Crippen MR) is 113 cm³/mol. The molecule has 1 heterocycles. The number of carbonyl (C=O) groups excluding carboxylic acids is 1. The van der Waals surface area contributed by atoms with E-state index in [1.807, 2.05) is 12.1 Å². The first-order chi connectivity index (χ1) is 13.9. The highest BCUT2D eigenvalue weighted by Gasteiger charge is 2.63. The quantitative estimate of drug-likeness (QED) is 0.613. The number of alkyl halides is 1. The molecule has 0 spiro atoms. The van der Waals surface area contributed by atoms with Crippen LogP contribution < -0.4 is 14.8 Å². The van der Waals surface area contributed by atoms with E-state index in [1.54, 1.807) is 24.5 Å². The van der Waals surface area contributed by atoms with Crippen LogP contribution >= 0.6 is 11.3 Å². The molecular weight excluding hydrogens is 389 g/mol. The van der Waals surface area contributed by atoms with Crippen molar-refractivity contribution in [2.75, 3.05) is 20.4 Å². The zero-order valence-electron chi connectivity index (χ0n) is 17.4. The molecule has 29 heavy (non-hydrogen) atoms. The molecule has 1 aromatic heterocycles. The minimum Gasteiger partial charge on any atom is -0.496 e. The van der Waals surface area contributed by atoms with Gasteiger partial charge in [0.2, 0.25) is 0 Å². The maximum absolute atomic E-state index is 12.9. The summed E-state index contributed by atoms with van der Waals surface area (Å²) >= 11 is 1.62. The highest BCUT2D eigenvalue weighted by Crippen LogP contribution is 2.71. The molecule has 2 aliphatic rings. The first-order valence-corrected chi connectivity index (χ1v) is 11.0. The van der Waals surface area contributed by atoms with Gasteiger partial charge >= 0.3 is 0 Å². The van der Waals surface area contributed by atoms with Gasteiger partial charge in [0.05, 0.1) is 25.3 Å². The summed E-state index contributed by atoms with van der Waals surface area (Å²) in [5.74, 6) is 2.60. The molecule has 2 atom stereocenters. The molecule has 0 saturated heterocycles. The van der Waals surface area contributed by atoms with Crippen molar-refractivity contribution < 1.29 is 18.7 Å². The number of methoxy groups -OCH3 is 1. The molecule has 2 aliphatic carbocycles. The number of fused-ring (bicyclic) bond motifs is 3. The Balaban J connectivity index is 1.43.